The van der Waals surface area contributed by atoms with Crippen molar-refractivity contribution in [3.8, 4) is 0 Å². The van der Waals surface area contributed by atoms with Crippen LogP contribution in [-0.2, 0) is 23.7 Å². The zero-order chi connectivity index (χ0) is 53.4. The molecule has 2 aliphatic heterocycles. The van der Waals surface area contributed by atoms with Crippen molar-refractivity contribution in [2.45, 2.75) is 203 Å². The summed E-state index contributed by atoms with van der Waals surface area (Å²) in [6.07, 6.45) is 0.491. The van der Waals surface area contributed by atoms with Crippen molar-refractivity contribution in [1.82, 2.24) is 10.6 Å². The van der Waals surface area contributed by atoms with Gasteiger partial charge in [0.05, 0.1) is 98.4 Å². The van der Waals surface area contributed by atoms with E-state index in [0.29, 0.717) is 0 Å². The molecule has 71 heavy (non-hydrogen) atoms. The van der Waals surface area contributed by atoms with Gasteiger partial charge in [-0.1, -0.05) is 86.8 Å². The van der Waals surface area contributed by atoms with Gasteiger partial charge in [0.2, 0.25) is 0 Å². The SMILES string of the molecule is C/C=C/C=C/C=C/C=C/C=C/[C@H](C)[C@@H](O)[C@@H](C)[C@H](C)OC(=O)C[C@H](O)C[C@H](O)CC[C@@H](O)[C@H](O)C[C@H](O)C[C@]1(O)C[C@H](O)[C@@H](NC(=O)NC[C@H](O)CO)[C@H](C[C@H](/C=C/C)O[C@@H]2O[C@H](C)[C@@H](O)[C@H](N)[C@@H]2O)O1. The van der Waals surface area contributed by atoms with E-state index in [1.54, 1.807) is 32.9 Å². The van der Waals surface area contributed by atoms with Crippen LogP contribution in [-0.4, -0.2) is 196 Å². The molecule has 0 aliphatic carbocycles. The smallest absolute Gasteiger partial charge is 0.315 e. The van der Waals surface area contributed by atoms with Crippen LogP contribution >= 0.6 is 0 Å². The summed E-state index contributed by atoms with van der Waals surface area (Å²) in [6, 6.07) is -3.24. The number of ether oxygens (including phenoxy) is 4. The lowest BCUT2D eigenvalue weighted by Gasteiger charge is -2.46. The van der Waals surface area contributed by atoms with Crippen molar-refractivity contribution in [3.05, 3.63) is 72.9 Å². The summed E-state index contributed by atoms with van der Waals surface area (Å²) >= 11 is 0. The standard InChI is InChI=1S/C50H85N3O18/c1-7-9-10-11-12-13-14-15-16-18-29(3)45(63)30(4)31(5)68-42(62)23-34(56)21-33(55)19-20-38(59)39(60)22-35(57)25-50(67)26-40(61)44(53-49(66)52-27-36(58)28-54)41(71-50)24-37(17-8-2)70-48-47(65)43(51)46(64)32(6)69-48/h7-18,29-41,43-48,54-61,63-65,67H,19-28,51H2,1-6H3,(H2,52,53,66)/b9-7+,11-10+,13-12+,15-14+,17-8+,18-16+/t29-,30-,31-,32+,33+,34+,35-,36-,37-,38+,39+,40-,41-,43-,44+,45+,46+,47-,48-,50+/m0/s1. The molecule has 2 heterocycles. The molecular formula is C50H85N3O18. The fourth-order valence-electron chi connectivity index (χ4n) is 8.19. The van der Waals surface area contributed by atoms with Crippen LogP contribution in [0.25, 0.3) is 0 Å². The Balaban J connectivity index is 1.96. The zero-order valence-electron chi connectivity index (χ0n) is 41.9. The van der Waals surface area contributed by atoms with Gasteiger partial charge < -0.3 is 96.6 Å². The highest BCUT2D eigenvalue weighted by atomic mass is 16.7. The molecule has 2 saturated heterocycles. The maximum atomic E-state index is 12.8. The van der Waals surface area contributed by atoms with Gasteiger partial charge in [-0.3, -0.25) is 4.79 Å². The number of esters is 1. The van der Waals surface area contributed by atoms with E-state index in [1.165, 1.54) is 6.92 Å². The molecule has 16 N–H and O–H groups in total. The molecule has 2 fully saturated rings. The Morgan fingerprint density at radius 3 is 2.06 bits per heavy atom. The van der Waals surface area contributed by atoms with Gasteiger partial charge >= 0.3 is 12.0 Å². The molecule has 0 unspecified atom stereocenters. The summed E-state index contributed by atoms with van der Waals surface area (Å²) in [7, 11) is 0. The Labute approximate surface area is 417 Å². The predicted molar refractivity (Wildman–Crippen MR) is 261 cm³/mol. The molecule has 0 radical (unpaired) electrons. The number of amides is 2. The zero-order valence-corrected chi connectivity index (χ0v) is 41.9. The normalized spacial score (nSPS) is 30.4. The molecule has 21 heteroatoms. The molecule has 0 spiro atoms. The highest BCUT2D eigenvalue weighted by Gasteiger charge is 2.49. The number of nitrogens with two attached hydrogens (primary N) is 1. The lowest BCUT2D eigenvalue weighted by atomic mass is 9.87. The van der Waals surface area contributed by atoms with Gasteiger partial charge in [0, 0.05) is 44.1 Å². The highest BCUT2D eigenvalue weighted by molar-refractivity contribution is 5.74. The third-order valence-corrected chi connectivity index (χ3v) is 12.6. The van der Waals surface area contributed by atoms with Crippen LogP contribution in [0.15, 0.2) is 72.9 Å². The number of carbonyl (C=O) groups excluding carboxylic acids is 2. The van der Waals surface area contributed by atoms with Crippen molar-refractivity contribution in [3.63, 3.8) is 0 Å². The van der Waals surface area contributed by atoms with Crippen molar-refractivity contribution in [2.24, 2.45) is 17.6 Å². The van der Waals surface area contributed by atoms with E-state index in [-0.39, 0.29) is 38.1 Å². The van der Waals surface area contributed by atoms with Crippen LogP contribution in [0.3, 0.4) is 0 Å². The molecule has 2 amide bonds. The largest absolute Gasteiger partial charge is 0.462 e. The molecule has 0 aromatic carbocycles. The Kier molecular flexibility index (Phi) is 29.3. The third-order valence-electron chi connectivity index (χ3n) is 12.6. The van der Waals surface area contributed by atoms with Crippen LogP contribution in [0.4, 0.5) is 4.79 Å². The molecular weight excluding hydrogens is 931 g/mol. The first-order valence-electron chi connectivity index (χ1n) is 24.5. The number of hydrogen-bond acceptors (Lipinski definition) is 19. The van der Waals surface area contributed by atoms with Crippen molar-refractivity contribution in [1.29, 1.82) is 0 Å². The molecule has 20 atom stereocenters. The van der Waals surface area contributed by atoms with Crippen LogP contribution in [0.2, 0.25) is 0 Å². The average molecular weight is 1020 g/mol. The molecule has 21 nitrogen and oxygen atoms in total. The molecule has 408 valence electrons. The Hall–Kier alpha value is -3.46. The van der Waals surface area contributed by atoms with Crippen LogP contribution < -0.4 is 16.4 Å². The Morgan fingerprint density at radius 1 is 0.803 bits per heavy atom. The Morgan fingerprint density at radius 2 is 1.44 bits per heavy atom. The molecule has 2 rings (SSSR count). The summed E-state index contributed by atoms with van der Waals surface area (Å²) in [5, 5.41) is 132. The number of carbonyl (C=O) groups is 2. The van der Waals surface area contributed by atoms with E-state index >= 15 is 0 Å². The van der Waals surface area contributed by atoms with Crippen molar-refractivity contribution >= 4 is 12.0 Å². The molecule has 2 aliphatic rings. The molecule has 0 saturated carbocycles. The maximum absolute atomic E-state index is 12.8. The van der Waals surface area contributed by atoms with Gasteiger partial charge in [0.1, 0.15) is 12.2 Å². The quantitative estimate of drug-likeness (QED) is 0.0245. The number of allylic oxidation sites excluding steroid dienone is 10. The maximum Gasteiger partial charge on any atom is 0.315 e. The predicted octanol–water partition coefficient (Wildman–Crippen LogP) is -0.498. The molecule has 0 aromatic heterocycles. The first-order chi connectivity index (χ1) is 33.4. The van der Waals surface area contributed by atoms with E-state index in [1.807, 2.05) is 74.6 Å². The first kappa shape index (κ1) is 63.7. The second-order valence-electron chi connectivity index (χ2n) is 18.8. The lowest BCUT2D eigenvalue weighted by molar-refractivity contribution is -0.303. The summed E-state index contributed by atoms with van der Waals surface area (Å²) in [5.41, 5.74) is 5.98. The van der Waals surface area contributed by atoms with Gasteiger partial charge in [-0.05, 0) is 47.0 Å². The third kappa shape index (κ3) is 23.1. The minimum Gasteiger partial charge on any atom is -0.462 e. The van der Waals surface area contributed by atoms with E-state index in [9.17, 15) is 65.8 Å². The number of aliphatic hydroxyl groups is 12. The van der Waals surface area contributed by atoms with Gasteiger partial charge in [-0.25, -0.2) is 4.79 Å². The summed E-state index contributed by atoms with van der Waals surface area (Å²) in [4.78, 5) is 25.5. The van der Waals surface area contributed by atoms with E-state index in [2.05, 4.69) is 10.6 Å². The van der Waals surface area contributed by atoms with Crippen LogP contribution in [0.1, 0.15) is 92.9 Å². The van der Waals surface area contributed by atoms with Gasteiger partial charge in [-0.2, -0.15) is 0 Å². The number of rotatable bonds is 30. The summed E-state index contributed by atoms with van der Waals surface area (Å²) in [6.45, 7) is 9.37. The number of urea groups is 1. The topological polar surface area (TPSA) is 364 Å². The van der Waals surface area contributed by atoms with E-state index in [4.69, 9.17) is 29.8 Å². The van der Waals surface area contributed by atoms with Gasteiger partial charge in [0.25, 0.3) is 0 Å². The second kappa shape index (κ2) is 32.7. The lowest BCUT2D eigenvalue weighted by Crippen LogP contribution is -2.64. The van der Waals surface area contributed by atoms with Gasteiger partial charge in [0.15, 0.2) is 12.1 Å². The molecule has 0 bridgehead atoms. The second-order valence-corrected chi connectivity index (χ2v) is 18.8. The van der Waals surface area contributed by atoms with Crippen LogP contribution in [0, 0.1) is 11.8 Å². The fraction of sp³-hybridized carbons (Fsp3) is 0.720. The first-order valence-corrected chi connectivity index (χ1v) is 24.5. The molecule has 0 aromatic rings. The number of aliphatic hydroxyl groups excluding tert-OH is 11. The highest BCUT2D eigenvalue weighted by Crippen LogP contribution is 2.35. The average Bonchev–Trinajstić information content (AvgIpc) is 3.30. The summed E-state index contributed by atoms with van der Waals surface area (Å²) < 4.78 is 23.2. The fourth-order valence-corrected chi connectivity index (χ4v) is 8.19. The minimum absolute atomic E-state index is 0.115. The number of nitrogens with one attached hydrogen (secondary N) is 2. The number of hydrogen-bond donors (Lipinski definition) is 15. The minimum atomic E-state index is -2.28. The summed E-state index contributed by atoms with van der Waals surface area (Å²) in [5.74, 6) is -3.73. The monoisotopic (exact) mass is 1020 g/mol. The van der Waals surface area contributed by atoms with Crippen molar-refractivity contribution in [2.75, 3.05) is 13.2 Å². The van der Waals surface area contributed by atoms with Crippen LogP contribution in [0.5, 0.6) is 0 Å². The Bertz CT molecular complexity index is 1720. The van der Waals surface area contributed by atoms with E-state index < -0.39 is 160 Å². The van der Waals surface area contributed by atoms with E-state index in [0.717, 1.165) is 0 Å². The van der Waals surface area contributed by atoms with Gasteiger partial charge in [-0.15, -0.1) is 0 Å². The van der Waals surface area contributed by atoms with Crippen molar-refractivity contribution < 1.29 is 89.8 Å².